The first-order chi connectivity index (χ1) is 11.2. The van der Waals surface area contributed by atoms with Crippen molar-refractivity contribution in [1.82, 2.24) is 19.9 Å². The van der Waals surface area contributed by atoms with Crippen LogP contribution in [0.4, 0.5) is 5.95 Å². The Balaban J connectivity index is 1.70. The number of anilines is 1. The average molecular weight is 305 g/mol. The van der Waals surface area contributed by atoms with E-state index in [2.05, 4.69) is 15.0 Å². The van der Waals surface area contributed by atoms with Crippen molar-refractivity contribution in [2.45, 2.75) is 13.0 Å². The van der Waals surface area contributed by atoms with Gasteiger partial charge in [-0.2, -0.15) is 0 Å². The van der Waals surface area contributed by atoms with Crippen molar-refractivity contribution in [3.63, 3.8) is 0 Å². The van der Waals surface area contributed by atoms with Crippen molar-refractivity contribution in [2.24, 2.45) is 0 Å². The number of nitrogen functional groups attached to an aromatic ring is 1. The molecule has 1 aliphatic heterocycles. The Bertz CT molecular complexity index is 903. The van der Waals surface area contributed by atoms with Gasteiger partial charge in [-0.3, -0.25) is 9.78 Å². The van der Waals surface area contributed by atoms with E-state index in [0.29, 0.717) is 18.8 Å². The number of hydrogen-bond donors (Lipinski definition) is 1. The zero-order valence-electron chi connectivity index (χ0n) is 12.4. The molecule has 4 rings (SSSR count). The minimum absolute atomic E-state index is 0.0790. The van der Waals surface area contributed by atoms with Crippen molar-refractivity contribution >= 4 is 22.6 Å². The molecule has 2 aromatic heterocycles. The van der Waals surface area contributed by atoms with Gasteiger partial charge in [0, 0.05) is 24.3 Å². The third-order valence-electron chi connectivity index (χ3n) is 4.13. The number of nitrogens with zero attached hydrogens (tertiary/aromatic N) is 4. The Labute approximate surface area is 133 Å². The molecule has 1 aromatic carbocycles. The maximum absolute atomic E-state index is 12.9. The molecule has 0 saturated heterocycles. The normalized spacial score (nSPS) is 13.8. The summed E-state index contributed by atoms with van der Waals surface area (Å²) in [5.74, 6) is 0.158. The summed E-state index contributed by atoms with van der Waals surface area (Å²) in [6.45, 7) is 1.07. The molecule has 3 heterocycles. The van der Waals surface area contributed by atoms with Crippen LogP contribution in [0.3, 0.4) is 0 Å². The summed E-state index contributed by atoms with van der Waals surface area (Å²) in [6.07, 6.45) is 4.15. The van der Waals surface area contributed by atoms with Crippen molar-refractivity contribution in [2.75, 3.05) is 12.3 Å². The zero-order valence-corrected chi connectivity index (χ0v) is 12.4. The zero-order chi connectivity index (χ0) is 15.8. The van der Waals surface area contributed by atoms with Gasteiger partial charge in [-0.15, -0.1) is 0 Å². The second-order valence-electron chi connectivity index (χ2n) is 5.56. The number of carbonyl (C=O) groups is 1. The molecular formula is C17H15N5O. The Morgan fingerprint density at radius 3 is 2.96 bits per heavy atom. The molecule has 23 heavy (non-hydrogen) atoms. The molecule has 3 aromatic rings. The van der Waals surface area contributed by atoms with Gasteiger partial charge in [0.25, 0.3) is 5.91 Å². The minimum atomic E-state index is -0.0790. The van der Waals surface area contributed by atoms with Gasteiger partial charge < -0.3 is 10.6 Å². The molecule has 0 spiro atoms. The first kappa shape index (κ1) is 13.6. The highest BCUT2D eigenvalue weighted by atomic mass is 16.2. The van der Waals surface area contributed by atoms with E-state index in [1.165, 1.54) is 0 Å². The number of benzene rings is 1. The van der Waals surface area contributed by atoms with Crippen LogP contribution < -0.4 is 5.73 Å². The molecular weight excluding hydrogens is 290 g/mol. The van der Waals surface area contributed by atoms with E-state index in [1.807, 2.05) is 30.3 Å². The average Bonchev–Trinajstić information content (AvgIpc) is 2.60. The number of amides is 1. The summed E-state index contributed by atoms with van der Waals surface area (Å²) in [5, 5.41) is 1.88. The Morgan fingerprint density at radius 1 is 1.17 bits per heavy atom. The number of fused-ring (bicyclic) bond motifs is 2. The third-order valence-corrected chi connectivity index (χ3v) is 4.13. The van der Waals surface area contributed by atoms with Crippen molar-refractivity contribution in [3.8, 4) is 0 Å². The van der Waals surface area contributed by atoms with Gasteiger partial charge in [0.1, 0.15) is 5.69 Å². The quantitative estimate of drug-likeness (QED) is 0.741. The van der Waals surface area contributed by atoms with E-state index in [4.69, 9.17) is 5.73 Å². The molecule has 1 aliphatic rings. The number of aromatic nitrogens is 3. The summed E-state index contributed by atoms with van der Waals surface area (Å²) >= 11 is 0. The lowest BCUT2D eigenvalue weighted by molar-refractivity contribution is 0.0728. The molecule has 0 saturated carbocycles. The molecule has 6 heteroatoms. The monoisotopic (exact) mass is 305 g/mol. The van der Waals surface area contributed by atoms with E-state index in [0.717, 1.165) is 28.5 Å². The molecule has 2 N–H and O–H groups in total. The molecule has 1 amide bonds. The Hall–Kier alpha value is -3.02. The maximum atomic E-state index is 12.9. The standard InChI is InChI=1S/C17H15N5O/c18-17-20-9-12-6-8-22(10-14(12)21-17)16(23)15-13-4-2-1-3-11(13)5-7-19-15/h1-5,7,9H,6,8,10H2,(H2,18,20,21). The summed E-state index contributed by atoms with van der Waals surface area (Å²) < 4.78 is 0. The molecule has 0 unspecified atom stereocenters. The highest BCUT2D eigenvalue weighted by Gasteiger charge is 2.25. The van der Waals surface area contributed by atoms with Crippen LogP contribution in [-0.4, -0.2) is 32.3 Å². The van der Waals surface area contributed by atoms with Crippen LogP contribution in [0.25, 0.3) is 10.8 Å². The fraction of sp³-hybridized carbons (Fsp3) is 0.176. The number of pyridine rings is 1. The first-order valence-electron chi connectivity index (χ1n) is 7.45. The van der Waals surface area contributed by atoms with E-state index in [-0.39, 0.29) is 11.9 Å². The van der Waals surface area contributed by atoms with E-state index < -0.39 is 0 Å². The highest BCUT2D eigenvalue weighted by molar-refractivity contribution is 6.05. The van der Waals surface area contributed by atoms with E-state index >= 15 is 0 Å². The fourth-order valence-electron chi connectivity index (χ4n) is 2.93. The summed E-state index contributed by atoms with van der Waals surface area (Å²) in [6, 6.07) is 9.68. The maximum Gasteiger partial charge on any atom is 0.273 e. The summed E-state index contributed by atoms with van der Waals surface area (Å²) in [5.41, 5.74) is 8.00. The van der Waals surface area contributed by atoms with Crippen LogP contribution in [0.2, 0.25) is 0 Å². The van der Waals surface area contributed by atoms with Gasteiger partial charge in [0.2, 0.25) is 5.95 Å². The molecule has 0 fully saturated rings. The molecule has 114 valence electrons. The smallest absolute Gasteiger partial charge is 0.273 e. The Morgan fingerprint density at radius 2 is 2.04 bits per heavy atom. The van der Waals surface area contributed by atoms with Crippen LogP contribution in [0, 0.1) is 0 Å². The van der Waals surface area contributed by atoms with Crippen LogP contribution in [0.1, 0.15) is 21.7 Å². The van der Waals surface area contributed by atoms with Gasteiger partial charge in [0.05, 0.1) is 12.2 Å². The predicted octanol–water partition coefficient (Wildman–Crippen LogP) is 1.81. The second kappa shape index (κ2) is 5.31. The van der Waals surface area contributed by atoms with Crippen LogP contribution >= 0.6 is 0 Å². The van der Waals surface area contributed by atoms with E-state index in [1.54, 1.807) is 17.3 Å². The number of nitrogens with two attached hydrogens (primary N) is 1. The van der Waals surface area contributed by atoms with Gasteiger partial charge in [-0.25, -0.2) is 9.97 Å². The Kier molecular flexibility index (Phi) is 3.15. The SMILES string of the molecule is Nc1ncc2c(n1)CN(C(=O)c1nccc3ccccc13)CC2. The predicted molar refractivity (Wildman–Crippen MR) is 86.6 cm³/mol. The van der Waals surface area contributed by atoms with Gasteiger partial charge in [-0.1, -0.05) is 24.3 Å². The van der Waals surface area contributed by atoms with Crippen LogP contribution in [-0.2, 0) is 13.0 Å². The van der Waals surface area contributed by atoms with E-state index in [9.17, 15) is 4.79 Å². The number of rotatable bonds is 1. The third kappa shape index (κ3) is 2.38. The topological polar surface area (TPSA) is 85.0 Å². The lowest BCUT2D eigenvalue weighted by atomic mass is 10.1. The van der Waals surface area contributed by atoms with Crippen molar-refractivity contribution in [1.29, 1.82) is 0 Å². The molecule has 0 radical (unpaired) electrons. The molecule has 0 atom stereocenters. The minimum Gasteiger partial charge on any atom is -0.368 e. The van der Waals surface area contributed by atoms with Crippen LogP contribution in [0.5, 0.6) is 0 Å². The van der Waals surface area contributed by atoms with Crippen molar-refractivity contribution in [3.05, 3.63) is 59.7 Å². The lowest BCUT2D eigenvalue weighted by Crippen LogP contribution is -2.37. The summed E-state index contributed by atoms with van der Waals surface area (Å²) in [4.78, 5) is 27.2. The van der Waals surface area contributed by atoms with Crippen molar-refractivity contribution < 1.29 is 4.79 Å². The number of carbonyl (C=O) groups excluding carboxylic acids is 1. The second-order valence-corrected chi connectivity index (χ2v) is 5.56. The fourth-order valence-corrected chi connectivity index (χ4v) is 2.93. The van der Waals surface area contributed by atoms with Gasteiger partial charge >= 0.3 is 0 Å². The molecule has 0 aliphatic carbocycles. The first-order valence-corrected chi connectivity index (χ1v) is 7.45. The number of hydrogen-bond acceptors (Lipinski definition) is 5. The molecule has 6 nitrogen and oxygen atoms in total. The largest absolute Gasteiger partial charge is 0.368 e. The van der Waals surface area contributed by atoms with Crippen LogP contribution in [0.15, 0.2) is 42.7 Å². The summed E-state index contributed by atoms with van der Waals surface area (Å²) in [7, 11) is 0. The lowest BCUT2D eigenvalue weighted by Gasteiger charge is -2.28. The molecule has 0 bridgehead atoms. The van der Waals surface area contributed by atoms with Gasteiger partial charge in [-0.05, 0) is 23.4 Å². The van der Waals surface area contributed by atoms with Gasteiger partial charge in [0.15, 0.2) is 0 Å². The highest BCUT2D eigenvalue weighted by Crippen LogP contribution is 2.22.